The average Bonchev–Trinajstić information content (AvgIpc) is 2.54. The van der Waals surface area contributed by atoms with Gasteiger partial charge in [-0.1, -0.05) is 6.07 Å². The highest BCUT2D eigenvalue weighted by molar-refractivity contribution is 7.81. The molecule has 0 amide bonds. The molecule has 0 bridgehead atoms. The summed E-state index contributed by atoms with van der Waals surface area (Å²) in [4.78, 5) is 0. The van der Waals surface area contributed by atoms with E-state index >= 15 is 0 Å². The Labute approximate surface area is 149 Å². The van der Waals surface area contributed by atoms with Gasteiger partial charge >= 0.3 is 10.4 Å². The lowest BCUT2D eigenvalue weighted by atomic mass is 9.94. The summed E-state index contributed by atoms with van der Waals surface area (Å²) < 4.78 is 45.7. The van der Waals surface area contributed by atoms with Crippen molar-refractivity contribution in [3.05, 3.63) is 41.5 Å². The van der Waals surface area contributed by atoms with Crippen molar-refractivity contribution in [1.82, 2.24) is 0 Å². The van der Waals surface area contributed by atoms with Crippen LogP contribution in [-0.4, -0.2) is 41.5 Å². The zero-order chi connectivity index (χ0) is 19.1. The predicted molar refractivity (Wildman–Crippen MR) is 88.0 cm³/mol. The molecule has 0 saturated heterocycles. The van der Waals surface area contributed by atoms with E-state index in [0.29, 0.717) is 11.1 Å². The van der Waals surface area contributed by atoms with Crippen LogP contribution in [0.1, 0.15) is 17.2 Å². The molecule has 2 aromatic carbocycles. The maximum Gasteiger partial charge on any atom is 0.446 e. The number of phenols is 2. The normalized spacial score (nSPS) is 19.3. The fraction of sp³-hybridized carbons (Fsp3) is 0.250. The second kappa shape index (κ2) is 6.56. The van der Waals surface area contributed by atoms with Crippen molar-refractivity contribution in [3.63, 3.8) is 0 Å². The minimum Gasteiger partial charge on any atom is -0.508 e. The molecule has 10 heteroatoms. The van der Waals surface area contributed by atoms with Crippen LogP contribution in [0.15, 0.2) is 30.3 Å². The first-order valence-electron chi connectivity index (χ1n) is 7.42. The number of benzene rings is 2. The smallest absolute Gasteiger partial charge is 0.446 e. The summed E-state index contributed by atoms with van der Waals surface area (Å²) in [5.41, 5.74) is 0.801. The van der Waals surface area contributed by atoms with Gasteiger partial charge in [-0.25, -0.2) is 0 Å². The van der Waals surface area contributed by atoms with Gasteiger partial charge in [-0.05, 0) is 17.7 Å². The Morgan fingerprint density at radius 2 is 1.88 bits per heavy atom. The molecule has 1 aliphatic rings. The summed E-state index contributed by atoms with van der Waals surface area (Å²) in [6.45, 7) is 0. The first-order chi connectivity index (χ1) is 12.2. The summed E-state index contributed by atoms with van der Waals surface area (Å²) in [6.07, 6.45) is -1.80. The molecule has 0 aromatic heterocycles. The van der Waals surface area contributed by atoms with E-state index in [0.717, 1.165) is 6.07 Å². The lowest BCUT2D eigenvalue weighted by Crippen LogP contribution is -2.30. The summed E-state index contributed by atoms with van der Waals surface area (Å²) in [5.74, 6) is -0.395. The van der Waals surface area contributed by atoms with Crippen LogP contribution in [0.5, 0.6) is 28.7 Å². The molecule has 0 spiro atoms. The first-order valence-corrected chi connectivity index (χ1v) is 8.79. The van der Waals surface area contributed by atoms with Gasteiger partial charge in [-0.3, -0.25) is 4.55 Å². The summed E-state index contributed by atoms with van der Waals surface area (Å²) >= 11 is 0. The average molecular weight is 384 g/mol. The Bertz CT molecular complexity index is 939. The van der Waals surface area contributed by atoms with Crippen LogP contribution >= 0.6 is 0 Å². The van der Waals surface area contributed by atoms with E-state index in [9.17, 15) is 23.7 Å². The SMILES string of the molecule is COc1cc(C2Oc3cc(O)cc(O)c3CC2O)ccc1OS(=O)(=O)O. The van der Waals surface area contributed by atoms with Gasteiger partial charge in [0.05, 0.1) is 13.2 Å². The number of ether oxygens (including phenoxy) is 2. The zero-order valence-electron chi connectivity index (χ0n) is 13.5. The van der Waals surface area contributed by atoms with Crippen molar-refractivity contribution in [2.75, 3.05) is 7.11 Å². The van der Waals surface area contributed by atoms with Crippen LogP contribution in [-0.2, 0) is 16.8 Å². The molecule has 2 atom stereocenters. The lowest BCUT2D eigenvalue weighted by molar-refractivity contribution is 0.0197. The minimum absolute atomic E-state index is 0.000443. The fourth-order valence-corrected chi connectivity index (χ4v) is 3.16. The molecule has 2 unspecified atom stereocenters. The Hall–Kier alpha value is -2.69. The highest BCUT2D eigenvalue weighted by Crippen LogP contribution is 2.43. The van der Waals surface area contributed by atoms with Crippen LogP contribution in [0, 0.1) is 0 Å². The van der Waals surface area contributed by atoms with Crippen LogP contribution in [0.3, 0.4) is 0 Å². The van der Waals surface area contributed by atoms with E-state index in [2.05, 4.69) is 4.18 Å². The molecule has 1 aliphatic heterocycles. The van der Waals surface area contributed by atoms with Crippen LogP contribution < -0.4 is 13.7 Å². The summed E-state index contributed by atoms with van der Waals surface area (Å²) in [6, 6.07) is 6.54. The number of aromatic hydroxyl groups is 2. The Morgan fingerprint density at radius 3 is 2.54 bits per heavy atom. The van der Waals surface area contributed by atoms with Crippen molar-refractivity contribution >= 4 is 10.4 Å². The Kier molecular flexibility index (Phi) is 4.57. The lowest BCUT2D eigenvalue weighted by Gasteiger charge is -2.31. The molecule has 26 heavy (non-hydrogen) atoms. The Balaban J connectivity index is 1.96. The molecule has 0 radical (unpaired) electrons. The second-order valence-corrected chi connectivity index (χ2v) is 6.69. The van der Waals surface area contributed by atoms with E-state index < -0.39 is 22.6 Å². The molecule has 3 rings (SSSR count). The van der Waals surface area contributed by atoms with Crippen molar-refractivity contribution in [3.8, 4) is 28.7 Å². The number of aliphatic hydroxyl groups is 1. The third-order valence-corrected chi connectivity index (χ3v) is 4.29. The minimum atomic E-state index is -4.72. The number of aliphatic hydroxyl groups excluding tert-OH is 1. The molecule has 140 valence electrons. The monoisotopic (exact) mass is 384 g/mol. The van der Waals surface area contributed by atoms with Crippen LogP contribution in [0.4, 0.5) is 0 Å². The fourth-order valence-electron chi connectivity index (χ4n) is 2.79. The number of rotatable bonds is 4. The topological polar surface area (TPSA) is 143 Å². The first kappa shape index (κ1) is 18.1. The maximum atomic E-state index is 10.9. The molecule has 9 nitrogen and oxygen atoms in total. The third kappa shape index (κ3) is 3.62. The molecule has 4 N–H and O–H groups in total. The second-order valence-electron chi connectivity index (χ2n) is 5.67. The van der Waals surface area contributed by atoms with Crippen LogP contribution in [0.25, 0.3) is 0 Å². The van der Waals surface area contributed by atoms with Crippen LogP contribution in [0.2, 0.25) is 0 Å². The van der Waals surface area contributed by atoms with E-state index in [1.807, 2.05) is 0 Å². The summed E-state index contributed by atoms with van der Waals surface area (Å²) in [7, 11) is -3.45. The molecule has 0 aliphatic carbocycles. The number of hydrogen-bond donors (Lipinski definition) is 4. The van der Waals surface area contributed by atoms with E-state index in [1.54, 1.807) is 0 Å². The van der Waals surface area contributed by atoms with E-state index in [4.69, 9.17) is 14.0 Å². The molecule has 1 heterocycles. The van der Waals surface area contributed by atoms with Gasteiger partial charge in [-0.2, -0.15) is 8.42 Å². The number of hydrogen-bond acceptors (Lipinski definition) is 8. The van der Waals surface area contributed by atoms with Gasteiger partial charge in [-0.15, -0.1) is 0 Å². The van der Waals surface area contributed by atoms with Gasteiger partial charge in [0.25, 0.3) is 0 Å². The predicted octanol–water partition coefficient (Wildman–Crippen LogP) is 1.33. The van der Waals surface area contributed by atoms with Gasteiger partial charge in [0.15, 0.2) is 11.5 Å². The van der Waals surface area contributed by atoms with Crippen molar-refractivity contribution in [2.24, 2.45) is 0 Å². The zero-order valence-corrected chi connectivity index (χ0v) is 14.3. The molecular formula is C16H16O9S. The van der Waals surface area contributed by atoms with E-state index in [-0.39, 0.29) is 35.2 Å². The third-order valence-electron chi connectivity index (χ3n) is 3.90. The van der Waals surface area contributed by atoms with Gasteiger partial charge < -0.3 is 29.0 Å². The van der Waals surface area contributed by atoms with Crippen molar-refractivity contribution in [1.29, 1.82) is 0 Å². The molecule has 2 aromatic rings. The highest BCUT2D eigenvalue weighted by atomic mass is 32.3. The number of fused-ring (bicyclic) bond motifs is 1. The molecule has 0 fully saturated rings. The largest absolute Gasteiger partial charge is 0.508 e. The standard InChI is InChI=1S/C16H16O9S/c1-23-15-4-8(2-3-13(15)25-26(20,21)22)16-12(19)7-10-11(18)5-9(17)6-14(10)24-16/h2-6,12,16-19H,7H2,1H3,(H,20,21,22). The highest BCUT2D eigenvalue weighted by Gasteiger charge is 2.32. The number of phenolic OH excluding ortho intramolecular Hbond substituents is 2. The van der Waals surface area contributed by atoms with E-state index in [1.165, 1.54) is 31.4 Å². The molecule has 0 saturated carbocycles. The molecular weight excluding hydrogens is 368 g/mol. The maximum absolute atomic E-state index is 10.9. The Morgan fingerprint density at radius 1 is 1.15 bits per heavy atom. The van der Waals surface area contributed by atoms with Crippen molar-refractivity contribution in [2.45, 2.75) is 18.6 Å². The van der Waals surface area contributed by atoms with Gasteiger partial charge in [0.2, 0.25) is 0 Å². The van der Waals surface area contributed by atoms with Gasteiger partial charge in [0, 0.05) is 24.1 Å². The van der Waals surface area contributed by atoms with Gasteiger partial charge in [0.1, 0.15) is 23.4 Å². The van der Waals surface area contributed by atoms with Crippen molar-refractivity contribution < 1.29 is 41.9 Å². The quantitative estimate of drug-likeness (QED) is 0.574. The summed E-state index contributed by atoms with van der Waals surface area (Å²) in [5, 5.41) is 29.8. The number of methoxy groups -OCH3 is 1.